The molecule has 4 rings (SSSR count). The highest BCUT2D eigenvalue weighted by Crippen LogP contribution is 2.42. The molecule has 0 atom stereocenters. The van der Waals surface area contributed by atoms with Gasteiger partial charge in [-0.1, -0.05) is 18.2 Å². The molecule has 1 amide bonds. The van der Waals surface area contributed by atoms with Gasteiger partial charge in [0.1, 0.15) is 5.69 Å². The number of para-hydroxylation sites is 2. The molecule has 3 aromatic rings. The fourth-order valence-corrected chi connectivity index (χ4v) is 3.55. The Balaban J connectivity index is 1.46. The van der Waals surface area contributed by atoms with Crippen LogP contribution in [0.25, 0.3) is 5.69 Å². The van der Waals surface area contributed by atoms with Crippen molar-refractivity contribution in [2.75, 3.05) is 18.4 Å². The second kappa shape index (κ2) is 8.93. The van der Waals surface area contributed by atoms with E-state index in [4.69, 9.17) is 0 Å². The van der Waals surface area contributed by atoms with Crippen LogP contribution < -0.4 is 10.6 Å². The Labute approximate surface area is 186 Å². The number of anilines is 1. The number of alkyl halides is 3. The molecule has 0 aliphatic heterocycles. The zero-order valence-corrected chi connectivity index (χ0v) is 17.3. The lowest BCUT2D eigenvalue weighted by Gasteiger charge is -2.12. The molecule has 33 heavy (non-hydrogen) atoms. The summed E-state index contributed by atoms with van der Waals surface area (Å²) in [7, 11) is 0. The SMILES string of the molecule is O=C(NCCNc1ccccc1[N+](=O)[O-])c1cnn(-c2cccc(C(F)(F)F)c2)c1C1CC1. The van der Waals surface area contributed by atoms with E-state index in [1.54, 1.807) is 18.2 Å². The Morgan fingerprint density at radius 1 is 1.15 bits per heavy atom. The third-order valence-electron chi connectivity index (χ3n) is 5.26. The summed E-state index contributed by atoms with van der Waals surface area (Å²) in [5.74, 6) is -0.354. The van der Waals surface area contributed by atoms with Crippen LogP contribution in [0.2, 0.25) is 0 Å². The van der Waals surface area contributed by atoms with E-state index in [1.807, 2.05) is 0 Å². The lowest BCUT2D eigenvalue weighted by molar-refractivity contribution is -0.384. The molecule has 11 heteroatoms. The summed E-state index contributed by atoms with van der Waals surface area (Å²) < 4.78 is 40.7. The number of carbonyl (C=O) groups is 1. The highest BCUT2D eigenvalue weighted by molar-refractivity contribution is 5.95. The van der Waals surface area contributed by atoms with Crippen LogP contribution in [0.3, 0.4) is 0 Å². The van der Waals surface area contributed by atoms with Crippen LogP contribution in [0.15, 0.2) is 54.7 Å². The van der Waals surface area contributed by atoms with Crippen LogP contribution in [0.4, 0.5) is 24.5 Å². The highest BCUT2D eigenvalue weighted by atomic mass is 19.4. The van der Waals surface area contributed by atoms with Crippen LogP contribution in [0, 0.1) is 10.1 Å². The molecule has 8 nitrogen and oxygen atoms in total. The van der Waals surface area contributed by atoms with Gasteiger partial charge in [0, 0.05) is 25.1 Å². The zero-order valence-electron chi connectivity index (χ0n) is 17.3. The maximum Gasteiger partial charge on any atom is 0.416 e. The molecule has 0 spiro atoms. The summed E-state index contributed by atoms with van der Waals surface area (Å²) >= 11 is 0. The number of hydrogen-bond donors (Lipinski definition) is 2. The van der Waals surface area contributed by atoms with Crippen molar-refractivity contribution in [3.63, 3.8) is 0 Å². The first-order valence-corrected chi connectivity index (χ1v) is 10.3. The van der Waals surface area contributed by atoms with E-state index >= 15 is 0 Å². The third-order valence-corrected chi connectivity index (χ3v) is 5.26. The smallest absolute Gasteiger partial charge is 0.378 e. The average Bonchev–Trinajstić information content (AvgIpc) is 3.53. The Hall–Kier alpha value is -3.89. The van der Waals surface area contributed by atoms with Crippen LogP contribution in [0.1, 0.15) is 40.4 Å². The van der Waals surface area contributed by atoms with Crippen molar-refractivity contribution in [1.82, 2.24) is 15.1 Å². The molecule has 2 N–H and O–H groups in total. The molecule has 0 radical (unpaired) electrons. The van der Waals surface area contributed by atoms with Crippen molar-refractivity contribution in [3.8, 4) is 5.69 Å². The topological polar surface area (TPSA) is 102 Å². The number of nitrogens with one attached hydrogen (secondary N) is 2. The molecule has 1 heterocycles. The van der Waals surface area contributed by atoms with Gasteiger partial charge in [-0.05, 0) is 37.1 Å². The van der Waals surface area contributed by atoms with Crippen LogP contribution in [0.5, 0.6) is 0 Å². The summed E-state index contributed by atoms with van der Waals surface area (Å²) in [4.78, 5) is 23.4. The van der Waals surface area contributed by atoms with Gasteiger partial charge in [0.05, 0.1) is 33.6 Å². The van der Waals surface area contributed by atoms with E-state index < -0.39 is 22.6 Å². The average molecular weight is 459 g/mol. The van der Waals surface area contributed by atoms with Crippen molar-refractivity contribution >= 4 is 17.3 Å². The predicted molar refractivity (Wildman–Crippen MR) is 114 cm³/mol. The minimum Gasteiger partial charge on any atom is -0.378 e. The lowest BCUT2D eigenvalue weighted by atomic mass is 10.1. The maximum absolute atomic E-state index is 13.1. The van der Waals surface area contributed by atoms with Gasteiger partial charge in [-0.2, -0.15) is 18.3 Å². The van der Waals surface area contributed by atoms with Gasteiger partial charge in [0.15, 0.2) is 0 Å². The normalized spacial score (nSPS) is 13.5. The number of nitrogens with zero attached hydrogens (tertiary/aromatic N) is 3. The first-order valence-electron chi connectivity index (χ1n) is 10.3. The van der Waals surface area contributed by atoms with E-state index in [0.717, 1.165) is 25.0 Å². The van der Waals surface area contributed by atoms with Crippen molar-refractivity contribution in [2.24, 2.45) is 0 Å². The Morgan fingerprint density at radius 3 is 2.61 bits per heavy atom. The number of nitro groups is 1. The standard InChI is InChI=1S/C22H20F3N5O3/c23-22(24,25)15-4-3-5-16(12-15)29-20(14-8-9-14)17(13-28-29)21(31)27-11-10-26-18-6-1-2-7-19(18)30(32)33/h1-7,12-14,26H,8-11H2,(H,27,31). The van der Waals surface area contributed by atoms with Crippen molar-refractivity contribution in [3.05, 3.63) is 81.7 Å². The van der Waals surface area contributed by atoms with Gasteiger partial charge in [0.25, 0.3) is 11.6 Å². The Kier molecular flexibility index (Phi) is 6.03. The van der Waals surface area contributed by atoms with Gasteiger partial charge < -0.3 is 10.6 Å². The molecule has 1 saturated carbocycles. The second-order valence-electron chi connectivity index (χ2n) is 7.63. The van der Waals surface area contributed by atoms with Crippen molar-refractivity contribution in [2.45, 2.75) is 24.9 Å². The van der Waals surface area contributed by atoms with E-state index in [1.165, 1.54) is 29.1 Å². The maximum atomic E-state index is 13.1. The van der Waals surface area contributed by atoms with Crippen LogP contribution >= 0.6 is 0 Å². The van der Waals surface area contributed by atoms with E-state index in [9.17, 15) is 28.1 Å². The summed E-state index contributed by atoms with van der Waals surface area (Å²) in [6.07, 6.45) is -1.48. The Bertz CT molecular complexity index is 1190. The summed E-state index contributed by atoms with van der Waals surface area (Å²) in [6, 6.07) is 11.0. The van der Waals surface area contributed by atoms with E-state index in [-0.39, 0.29) is 30.4 Å². The third kappa shape index (κ3) is 4.97. The summed E-state index contributed by atoms with van der Waals surface area (Å²) in [6.45, 7) is 0.431. The monoisotopic (exact) mass is 459 g/mol. The molecule has 1 aliphatic carbocycles. The summed E-state index contributed by atoms with van der Waals surface area (Å²) in [5.41, 5.74) is 0.613. The molecule has 0 saturated heterocycles. The number of carbonyl (C=O) groups excluding carboxylic acids is 1. The second-order valence-corrected chi connectivity index (χ2v) is 7.63. The number of rotatable bonds is 8. The van der Waals surface area contributed by atoms with Gasteiger partial charge in [-0.25, -0.2) is 4.68 Å². The van der Waals surface area contributed by atoms with Gasteiger partial charge in [-0.3, -0.25) is 14.9 Å². The molecule has 0 unspecified atom stereocenters. The van der Waals surface area contributed by atoms with Gasteiger partial charge >= 0.3 is 6.18 Å². The lowest BCUT2D eigenvalue weighted by Crippen LogP contribution is -2.29. The number of nitro benzene ring substituents is 1. The van der Waals surface area contributed by atoms with Gasteiger partial charge in [-0.15, -0.1) is 0 Å². The molecular weight excluding hydrogens is 439 g/mol. The first-order chi connectivity index (χ1) is 15.8. The molecule has 1 aromatic heterocycles. The highest BCUT2D eigenvalue weighted by Gasteiger charge is 2.34. The van der Waals surface area contributed by atoms with E-state index in [2.05, 4.69) is 15.7 Å². The zero-order chi connectivity index (χ0) is 23.6. The molecular formula is C22H20F3N5O3. The molecule has 0 bridgehead atoms. The van der Waals surface area contributed by atoms with Crippen molar-refractivity contribution < 1.29 is 22.9 Å². The summed E-state index contributed by atoms with van der Waals surface area (Å²) in [5, 5.41) is 20.9. The minimum atomic E-state index is -4.48. The quantitative estimate of drug-likeness (QED) is 0.293. The molecule has 172 valence electrons. The Morgan fingerprint density at radius 2 is 1.91 bits per heavy atom. The van der Waals surface area contributed by atoms with Crippen LogP contribution in [-0.4, -0.2) is 33.7 Å². The molecule has 1 fully saturated rings. The number of hydrogen-bond acceptors (Lipinski definition) is 5. The molecule has 2 aromatic carbocycles. The fourth-order valence-electron chi connectivity index (χ4n) is 3.55. The number of benzene rings is 2. The van der Waals surface area contributed by atoms with E-state index in [0.29, 0.717) is 16.9 Å². The molecule has 1 aliphatic rings. The minimum absolute atomic E-state index is 0.0490. The van der Waals surface area contributed by atoms with Gasteiger partial charge in [0.2, 0.25) is 0 Å². The van der Waals surface area contributed by atoms with Crippen molar-refractivity contribution in [1.29, 1.82) is 0 Å². The predicted octanol–water partition coefficient (Wildman–Crippen LogP) is 4.52. The first kappa shape index (κ1) is 22.3. The van der Waals surface area contributed by atoms with Crippen LogP contribution in [-0.2, 0) is 6.18 Å². The fraction of sp³-hybridized carbons (Fsp3) is 0.273. The number of aromatic nitrogens is 2. The number of amides is 1. The number of halogens is 3. The largest absolute Gasteiger partial charge is 0.416 e.